The average Bonchev–Trinajstić information content (AvgIpc) is 2.88. The summed E-state index contributed by atoms with van der Waals surface area (Å²) in [6.07, 6.45) is 0. The third-order valence-corrected chi connectivity index (χ3v) is 6.34. The van der Waals surface area contributed by atoms with Crippen LogP contribution in [0, 0.1) is 13.8 Å². The largest absolute Gasteiger partial charge is 0.310 e. The van der Waals surface area contributed by atoms with Gasteiger partial charge in [-0.15, -0.1) is 0 Å². The van der Waals surface area contributed by atoms with Crippen LogP contribution in [0.4, 0.5) is 34.1 Å². The van der Waals surface area contributed by atoms with E-state index in [0.717, 1.165) is 34.1 Å². The Labute approximate surface area is 212 Å². The molecule has 5 aromatic rings. The molecule has 0 N–H and O–H groups in total. The molecular formula is C32H27ClN2. The van der Waals surface area contributed by atoms with Crippen molar-refractivity contribution in [1.82, 2.24) is 0 Å². The lowest BCUT2D eigenvalue weighted by Crippen LogP contribution is -2.14. The fourth-order valence-corrected chi connectivity index (χ4v) is 4.68. The first-order chi connectivity index (χ1) is 17.1. The number of hydrogen-bond acceptors (Lipinski definition) is 2. The molecule has 0 atom stereocenters. The zero-order valence-corrected chi connectivity index (χ0v) is 20.7. The van der Waals surface area contributed by atoms with E-state index in [0.29, 0.717) is 5.02 Å². The minimum atomic E-state index is 0.682. The molecule has 172 valence electrons. The summed E-state index contributed by atoms with van der Waals surface area (Å²) in [4.78, 5) is 4.54. The molecule has 0 unspecified atom stereocenters. The van der Waals surface area contributed by atoms with Gasteiger partial charge < -0.3 is 9.80 Å². The van der Waals surface area contributed by atoms with E-state index in [-0.39, 0.29) is 0 Å². The Hall–Kier alpha value is -4.01. The van der Waals surface area contributed by atoms with Crippen molar-refractivity contribution in [2.75, 3.05) is 9.80 Å². The van der Waals surface area contributed by atoms with Crippen LogP contribution in [0.5, 0.6) is 0 Å². The van der Waals surface area contributed by atoms with Crippen LogP contribution >= 0.6 is 11.6 Å². The summed E-state index contributed by atoms with van der Waals surface area (Å²) in [5.74, 6) is 0. The third-order valence-electron chi connectivity index (χ3n) is 6.13. The van der Waals surface area contributed by atoms with Crippen molar-refractivity contribution in [3.05, 3.63) is 144 Å². The van der Waals surface area contributed by atoms with Crippen LogP contribution < -0.4 is 9.80 Å². The lowest BCUT2D eigenvalue weighted by Gasteiger charge is -2.31. The molecule has 0 saturated heterocycles. The van der Waals surface area contributed by atoms with Crippen LogP contribution in [0.25, 0.3) is 0 Å². The lowest BCUT2D eigenvalue weighted by atomic mass is 10.1. The number of para-hydroxylation sites is 4. The topological polar surface area (TPSA) is 6.48 Å². The molecule has 0 spiro atoms. The van der Waals surface area contributed by atoms with Gasteiger partial charge in [-0.2, -0.15) is 0 Å². The van der Waals surface area contributed by atoms with Gasteiger partial charge in [0.25, 0.3) is 0 Å². The smallest absolute Gasteiger partial charge is 0.0497 e. The highest BCUT2D eigenvalue weighted by Gasteiger charge is 2.20. The van der Waals surface area contributed by atoms with Crippen LogP contribution in [0.2, 0.25) is 5.02 Å². The molecule has 0 heterocycles. The van der Waals surface area contributed by atoms with Gasteiger partial charge in [-0.1, -0.05) is 84.4 Å². The second-order valence-electron chi connectivity index (χ2n) is 8.58. The number of aryl methyl sites for hydroxylation is 2. The second-order valence-corrected chi connectivity index (χ2v) is 9.02. The highest BCUT2D eigenvalue weighted by molar-refractivity contribution is 6.31. The maximum absolute atomic E-state index is 6.81. The van der Waals surface area contributed by atoms with Crippen molar-refractivity contribution in [2.24, 2.45) is 0 Å². The van der Waals surface area contributed by atoms with Crippen molar-refractivity contribution in [3.63, 3.8) is 0 Å². The molecule has 0 saturated carbocycles. The molecule has 0 aliphatic rings. The van der Waals surface area contributed by atoms with Crippen LogP contribution in [-0.4, -0.2) is 0 Å². The summed E-state index contributed by atoms with van der Waals surface area (Å²) in [6.45, 7) is 4.29. The quantitative estimate of drug-likeness (QED) is 0.241. The first-order valence-corrected chi connectivity index (χ1v) is 12.1. The summed E-state index contributed by atoms with van der Waals surface area (Å²) < 4.78 is 0. The number of anilines is 6. The predicted molar refractivity (Wildman–Crippen MR) is 150 cm³/mol. The van der Waals surface area contributed by atoms with E-state index in [4.69, 9.17) is 11.6 Å². The lowest BCUT2D eigenvalue weighted by molar-refractivity contribution is 1.21. The fraction of sp³-hybridized carbons (Fsp3) is 0.0625. The normalized spacial score (nSPS) is 10.7. The molecule has 0 bridgehead atoms. The van der Waals surface area contributed by atoms with E-state index in [2.05, 4.69) is 127 Å². The van der Waals surface area contributed by atoms with Crippen LogP contribution in [-0.2, 0) is 0 Å². The molecule has 5 aromatic carbocycles. The maximum atomic E-state index is 6.81. The standard InChI is InChI=1S/C32H27ClN2/c1-24-13-9-11-19-31(24)35(32-20-12-10-14-25(32)2)30-22-26(33)21-29(23-30)34(27-15-5-3-6-16-27)28-17-7-4-8-18-28/h3-23H,1-2H3. The number of halogens is 1. The van der Waals surface area contributed by atoms with Gasteiger partial charge in [0.1, 0.15) is 0 Å². The fourth-order valence-electron chi connectivity index (χ4n) is 4.46. The summed E-state index contributed by atoms with van der Waals surface area (Å²) in [6, 6.07) is 44.0. The minimum absolute atomic E-state index is 0.682. The molecular weight excluding hydrogens is 448 g/mol. The van der Waals surface area contributed by atoms with Gasteiger partial charge in [0.05, 0.1) is 0 Å². The summed E-state index contributed by atoms with van der Waals surface area (Å²) in [7, 11) is 0. The zero-order valence-electron chi connectivity index (χ0n) is 19.9. The van der Waals surface area contributed by atoms with E-state index in [9.17, 15) is 0 Å². The van der Waals surface area contributed by atoms with Crippen LogP contribution in [0.1, 0.15) is 11.1 Å². The first-order valence-electron chi connectivity index (χ1n) is 11.7. The molecule has 5 rings (SSSR count). The van der Waals surface area contributed by atoms with Crippen molar-refractivity contribution in [1.29, 1.82) is 0 Å². The molecule has 3 heteroatoms. The summed E-state index contributed by atoms with van der Waals surface area (Å²) >= 11 is 6.81. The van der Waals surface area contributed by atoms with Gasteiger partial charge in [0.15, 0.2) is 0 Å². The van der Waals surface area contributed by atoms with Crippen molar-refractivity contribution in [2.45, 2.75) is 13.8 Å². The molecule has 0 aliphatic heterocycles. The molecule has 0 amide bonds. The van der Waals surface area contributed by atoms with E-state index in [1.807, 2.05) is 24.3 Å². The van der Waals surface area contributed by atoms with E-state index < -0.39 is 0 Å². The second kappa shape index (κ2) is 10.1. The minimum Gasteiger partial charge on any atom is -0.310 e. The zero-order chi connectivity index (χ0) is 24.2. The van der Waals surface area contributed by atoms with Crippen molar-refractivity contribution < 1.29 is 0 Å². The van der Waals surface area contributed by atoms with E-state index in [1.165, 1.54) is 11.1 Å². The Balaban J connectivity index is 1.73. The Bertz CT molecular complexity index is 1350. The number of nitrogens with zero attached hydrogens (tertiary/aromatic N) is 2. The Morgan fingerprint density at radius 2 is 0.829 bits per heavy atom. The molecule has 0 fully saturated rings. The van der Waals surface area contributed by atoms with Gasteiger partial charge >= 0.3 is 0 Å². The summed E-state index contributed by atoms with van der Waals surface area (Å²) in [5, 5.41) is 0.682. The van der Waals surface area contributed by atoms with Gasteiger partial charge in [-0.25, -0.2) is 0 Å². The Morgan fingerprint density at radius 3 is 1.29 bits per heavy atom. The number of rotatable bonds is 6. The van der Waals surface area contributed by atoms with Crippen molar-refractivity contribution >= 4 is 45.7 Å². The van der Waals surface area contributed by atoms with E-state index in [1.54, 1.807) is 0 Å². The van der Waals surface area contributed by atoms with Crippen LogP contribution in [0.15, 0.2) is 127 Å². The number of hydrogen-bond donors (Lipinski definition) is 0. The van der Waals surface area contributed by atoms with Gasteiger partial charge in [-0.3, -0.25) is 0 Å². The molecule has 0 radical (unpaired) electrons. The molecule has 35 heavy (non-hydrogen) atoms. The van der Waals surface area contributed by atoms with E-state index >= 15 is 0 Å². The Morgan fingerprint density at radius 1 is 0.429 bits per heavy atom. The first kappa shape index (κ1) is 22.8. The average molecular weight is 475 g/mol. The predicted octanol–water partition coefficient (Wildman–Crippen LogP) is 9.90. The monoisotopic (exact) mass is 474 g/mol. The van der Waals surface area contributed by atoms with Gasteiger partial charge in [0, 0.05) is 39.1 Å². The van der Waals surface area contributed by atoms with Crippen LogP contribution in [0.3, 0.4) is 0 Å². The maximum Gasteiger partial charge on any atom is 0.0497 e. The highest BCUT2D eigenvalue weighted by atomic mass is 35.5. The van der Waals surface area contributed by atoms with Gasteiger partial charge in [-0.05, 0) is 79.6 Å². The SMILES string of the molecule is Cc1ccccc1N(c1cc(Cl)cc(N(c2ccccc2)c2ccccc2)c1)c1ccccc1C. The molecule has 2 nitrogen and oxygen atoms in total. The number of benzene rings is 5. The Kier molecular flexibility index (Phi) is 6.56. The van der Waals surface area contributed by atoms with Crippen molar-refractivity contribution in [3.8, 4) is 0 Å². The molecule has 0 aromatic heterocycles. The summed E-state index contributed by atoms with van der Waals surface area (Å²) in [5.41, 5.74) is 8.79. The highest BCUT2D eigenvalue weighted by Crippen LogP contribution is 2.43. The van der Waals surface area contributed by atoms with Gasteiger partial charge in [0.2, 0.25) is 0 Å². The third kappa shape index (κ3) is 4.80. The molecule has 0 aliphatic carbocycles.